The lowest BCUT2D eigenvalue weighted by molar-refractivity contribution is 0.204. The minimum absolute atomic E-state index is 0.405. The topological polar surface area (TPSA) is 20.2 Å². The van der Waals surface area contributed by atoms with E-state index in [0.29, 0.717) is 5.75 Å². The average Bonchev–Trinajstić information content (AvgIpc) is 2.41. The number of hydrogen-bond donors (Lipinski definition) is 1. The Kier molecular flexibility index (Phi) is 4.45. The second kappa shape index (κ2) is 6.07. The maximum atomic E-state index is 10.1. The van der Waals surface area contributed by atoms with Crippen molar-refractivity contribution in [2.45, 2.75) is 24.8 Å². The summed E-state index contributed by atoms with van der Waals surface area (Å²) in [5.41, 5.74) is 3.59. The van der Waals surface area contributed by atoms with Crippen LogP contribution in [0.3, 0.4) is 0 Å². The van der Waals surface area contributed by atoms with Crippen LogP contribution in [0.15, 0.2) is 53.4 Å². The zero-order valence-corrected chi connectivity index (χ0v) is 11.6. The van der Waals surface area contributed by atoms with E-state index in [1.54, 1.807) is 11.8 Å². The van der Waals surface area contributed by atoms with Gasteiger partial charge in [-0.05, 0) is 42.7 Å². The predicted octanol–water partition coefficient (Wildman–Crippen LogP) is 4.13. The Bertz CT molecular complexity index is 508. The number of rotatable bonds is 4. The van der Waals surface area contributed by atoms with Gasteiger partial charge in [-0.25, -0.2) is 0 Å². The quantitative estimate of drug-likeness (QED) is 0.832. The minimum Gasteiger partial charge on any atom is -0.388 e. The normalized spacial score (nSPS) is 12.4. The van der Waals surface area contributed by atoms with Gasteiger partial charge < -0.3 is 5.11 Å². The summed E-state index contributed by atoms with van der Waals surface area (Å²) in [6.07, 6.45) is -0.405. The van der Waals surface area contributed by atoms with Crippen LogP contribution in [0.2, 0.25) is 0 Å². The third-order valence-corrected chi connectivity index (χ3v) is 4.14. The van der Waals surface area contributed by atoms with Crippen molar-refractivity contribution in [1.29, 1.82) is 0 Å². The van der Waals surface area contributed by atoms with E-state index >= 15 is 0 Å². The van der Waals surface area contributed by atoms with Crippen LogP contribution >= 0.6 is 11.8 Å². The van der Waals surface area contributed by atoms with Crippen molar-refractivity contribution < 1.29 is 5.11 Å². The van der Waals surface area contributed by atoms with Gasteiger partial charge >= 0.3 is 0 Å². The monoisotopic (exact) mass is 258 g/mol. The summed E-state index contributed by atoms with van der Waals surface area (Å²) in [7, 11) is 0. The van der Waals surface area contributed by atoms with Crippen molar-refractivity contribution in [3.8, 4) is 0 Å². The summed E-state index contributed by atoms with van der Waals surface area (Å²) >= 11 is 1.70. The van der Waals surface area contributed by atoms with Gasteiger partial charge in [0.1, 0.15) is 0 Å². The van der Waals surface area contributed by atoms with Crippen LogP contribution in [0, 0.1) is 13.8 Å². The van der Waals surface area contributed by atoms with Crippen molar-refractivity contribution in [3.63, 3.8) is 0 Å². The second-order valence-electron chi connectivity index (χ2n) is 4.48. The molecule has 1 atom stereocenters. The van der Waals surface area contributed by atoms with E-state index < -0.39 is 6.10 Å². The Labute approximate surface area is 113 Å². The first kappa shape index (κ1) is 13.2. The molecule has 0 heterocycles. The van der Waals surface area contributed by atoms with Crippen LogP contribution in [-0.4, -0.2) is 10.9 Å². The fraction of sp³-hybridized carbons (Fsp3) is 0.250. The van der Waals surface area contributed by atoms with Crippen LogP contribution < -0.4 is 0 Å². The summed E-state index contributed by atoms with van der Waals surface area (Å²) in [5, 5.41) is 10.1. The first-order valence-corrected chi connectivity index (χ1v) is 7.08. The molecule has 0 saturated carbocycles. The van der Waals surface area contributed by atoms with Crippen molar-refractivity contribution in [3.05, 3.63) is 65.2 Å². The van der Waals surface area contributed by atoms with Gasteiger partial charge in [-0.1, -0.05) is 36.4 Å². The molecule has 0 aliphatic heterocycles. The first-order chi connectivity index (χ1) is 8.66. The SMILES string of the molecule is Cc1ccc(SCC(O)c2ccccc2)cc1C. The molecule has 0 aliphatic rings. The zero-order chi connectivity index (χ0) is 13.0. The number of aliphatic hydroxyl groups is 1. The lowest BCUT2D eigenvalue weighted by Gasteiger charge is -2.11. The highest BCUT2D eigenvalue weighted by Crippen LogP contribution is 2.26. The van der Waals surface area contributed by atoms with E-state index in [4.69, 9.17) is 0 Å². The molecule has 1 N–H and O–H groups in total. The molecule has 1 nitrogen and oxygen atoms in total. The van der Waals surface area contributed by atoms with Crippen molar-refractivity contribution in [2.75, 3.05) is 5.75 Å². The molecule has 0 fully saturated rings. The van der Waals surface area contributed by atoms with E-state index in [1.165, 1.54) is 16.0 Å². The molecule has 2 heteroatoms. The molecule has 2 rings (SSSR count). The largest absolute Gasteiger partial charge is 0.388 e. The molecule has 2 aromatic carbocycles. The molecule has 0 aliphatic carbocycles. The third-order valence-electron chi connectivity index (χ3n) is 3.07. The second-order valence-corrected chi connectivity index (χ2v) is 5.58. The Morgan fingerprint density at radius 2 is 1.72 bits per heavy atom. The van der Waals surface area contributed by atoms with E-state index in [1.807, 2.05) is 30.3 Å². The van der Waals surface area contributed by atoms with Gasteiger partial charge in [0.15, 0.2) is 0 Å². The molecule has 94 valence electrons. The van der Waals surface area contributed by atoms with Crippen LogP contribution in [-0.2, 0) is 0 Å². The minimum atomic E-state index is -0.405. The van der Waals surface area contributed by atoms with Gasteiger partial charge in [0, 0.05) is 10.6 Å². The highest BCUT2D eigenvalue weighted by Gasteiger charge is 2.07. The highest BCUT2D eigenvalue weighted by molar-refractivity contribution is 7.99. The van der Waals surface area contributed by atoms with E-state index in [0.717, 1.165) is 5.56 Å². The lowest BCUT2D eigenvalue weighted by atomic mass is 10.1. The van der Waals surface area contributed by atoms with Gasteiger partial charge in [0.05, 0.1) is 6.10 Å². The Hall–Kier alpha value is -1.25. The van der Waals surface area contributed by atoms with E-state index in [2.05, 4.69) is 32.0 Å². The summed E-state index contributed by atoms with van der Waals surface area (Å²) in [6.45, 7) is 4.23. The molecule has 0 saturated heterocycles. The molecule has 1 unspecified atom stereocenters. The smallest absolute Gasteiger partial charge is 0.0883 e. The molecule has 2 aromatic rings. The third kappa shape index (κ3) is 3.37. The summed E-state index contributed by atoms with van der Waals surface area (Å²) < 4.78 is 0. The summed E-state index contributed by atoms with van der Waals surface area (Å²) in [6, 6.07) is 16.2. The molecule has 0 spiro atoms. The molecular formula is C16H18OS. The number of aryl methyl sites for hydroxylation is 2. The molecule has 0 radical (unpaired) electrons. The Morgan fingerprint density at radius 3 is 2.39 bits per heavy atom. The maximum Gasteiger partial charge on any atom is 0.0883 e. The van der Waals surface area contributed by atoms with Crippen LogP contribution in [0.1, 0.15) is 22.8 Å². The van der Waals surface area contributed by atoms with Gasteiger partial charge in [0.25, 0.3) is 0 Å². The van der Waals surface area contributed by atoms with Crippen LogP contribution in [0.5, 0.6) is 0 Å². The van der Waals surface area contributed by atoms with E-state index in [9.17, 15) is 5.11 Å². The first-order valence-electron chi connectivity index (χ1n) is 6.10. The fourth-order valence-corrected chi connectivity index (χ4v) is 2.72. The standard InChI is InChI=1S/C16H18OS/c1-12-8-9-15(10-13(12)2)18-11-16(17)14-6-4-3-5-7-14/h3-10,16-17H,11H2,1-2H3. The van der Waals surface area contributed by atoms with Gasteiger partial charge in [-0.2, -0.15) is 0 Å². The van der Waals surface area contributed by atoms with Gasteiger partial charge in [-0.15, -0.1) is 11.8 Å². The van der Waals surface area contributed by atoms with Crippen LogP contribution in [0.25, 0.3) is 0 Å². The van der Waals surface area contributed by atoms with Crippen LogP contribution in [0.4, 0.5) is 0 Å². The van der Waals surface area contributed by atoms with Gasteiger partial charge in [0.2, 0.25) is 0 Å². The Balaban J connectivity index is 1.97. The summed E-state index contributed by atoms with van der Waals surface area (Å²) in [4.78, 5) is 1.22. The average molecular weight is 258 g/mol. The lowest BCUT2D eigenvalue weighted by Crippen LogP contribution is -2.00. The fourth-order valence-electron chi connectivity index (χ4n) is 1.75. The molecule has 18 heavy (non-hydrogen) atoms. The molecule has 0 aromatic heterocycles. The zero-order valence-electron chi connectivity index (χ0n) is 10.8. The van der Waals surface area contributed by atoms with Crippen molar-refractivity contribution in [2.24, 2.45) is 0 Å². The molecule has 0 bridgehead atoms. The number of benzene rings is 2. The summed E-state index contributed by atoms with van der Waals surface area (Å²) in [5.74, 6) is 0.687. The van der Waals surface area contributed by atoms with Crippen molar-refractivity contribution in [1.82, 2.24) is 0 Å². The highest BCUT2D eigenvalue weighted by atomic mass is 32.2. The molecule has 0 amide bonds. The molecular weight excluding hydrogens is 240 g/mol. The van der Waals surface area contributed by atoms with Gasteiger partial charge in [-0.3, -0.25) is 0 Å². The number of hydrogen-bond acceptors (Lipinski definition) is 2. The van der Waals surface area contributed by atoms with E-state index in [-0.39, 0.29) is 0 Å². The number of aliphatic hydroxyl groups excluding tert-OH is 1. The Morgan fingerprint density at radius 1 is 1.00 bits per heavy atom. The maximum absolute atomic E-state index is 10.1. The van der Waals surface area contributed by atoms with Crippen molar-refractivity contribution >= 4 is 11.8 Å². The number of thioether (sulfide) groups is 1. The predicted molar refractivity (Wildman–Crippen MR) is 78.0 cm³/mol.